The van der Waals surface area contributed by atoms with Crippen molar-refractivity contribution in [1.29, 1.82) is 0 Å². The van der Waals surface area contributed by atoms with Gasteiger partial charge in [-0.05, 0) is 31.9 Å². The Morgan fingerprint density at radius 1 is 1.47 bits per heavy atom. The largest absolute Gasteiger partial charge is 0.486 e. The molecule has 2 N–H and O–H groups in total. The van der Waals surface area contributed by atoms with Crippen LogP contribution in [0, 0.1) is 0 Å². The second-order valence-electron chi connectivity index (χ2n) is 4.98. The van der Waals surface area contributed by atoms with Gasteiger partial charge < -0.3 is 15.4 Å². The fourth-order valence-corrected chi connectivity index (χ4v) is 1.84. The molecule has 5 nitrogen and oxygen atoms in total. The number of amides is 1. The molecule has 1 saturated carbocycles. The van der Waals surface area contributed by atoms with E-state index in [1.54, 1.807) is 18.3 Å². The number of hydrogen-bond donors (Lipinski definition) is 2. The Labute approximate surface area is 118 Å². The highest BCUT2D eigenvalue weighted by molar-refractivity contribution is 5.92. The first kappa shape index (κ1) is 14.1. The summed E-state index contributed by atoms with van der Waals surface area (Å²) >= 11 is 0. The van der Waals surface area contributed by atoms with Crippen LogP contribution in [0.15, 0.2) is 18.3 Å². The lowest BCUT2D eigenvalue weighted by Crippen LogP contribution is -2.58. The van der Waals surface area contributed by atoms with Gasteiger partial charge in [0.25, 0.3) is 5.91 Å². The van der Waals surface area contributed by atoms with Crippen LogP contribution in [0.1, 0.15) is 30.3 Å². The molecule has 2 fully saturated rings. The summed E-state index contributed by atoms with van der Waals surface area (Å²) in [4.78, 5) is 15.9. The number of pyridine rings is 1. The van der Waals surface area contributed by atoms with Gasteiger partial charge in [0.15, 0.2) is 0 Å². The SMILES string of the molecule is C[C@H]1NC[C@@H]1Oc1ccc(C(=O)NC2CC2)nc1.Cl. The standard InChI is InChI=1S/C13H17N3O2.ClH/c1-8-12(7-14-8)18-10-4-5-11(15-6-10)13(17)16-9-2-3-9;/h4-6,8-9,12,14H,2-3,7H2,1H3,(H,16,17);1H/t8-,12+;/m1./s1. The highest BCUT2D eigenvalue weighted by Crippen LogP contribution is 2.20. The third kappa shape index (κ3) is 3.36. The number of nitrogens with one attached hydrogen (secondary N) is 2. The van der Waals surface area contributed by atoms with Crippen LogP contribution >= 0.6 is 12.4 Å². The first-order valence-corrected chi connectivity index (χ1v) is 6.39. The second-order valence-corrected chi connectivity index (χ2v) is 4.98. The highest BCUT2D eigenvalue weighted by atomic mass is 35.5. The smallest absolute Gasteiger partial charge is 0.270 e. The Balaban J connectivity index is 0.00000133. The van der Waals surface area contributed by atoms with E-state index in [-0.39, 0.29) is 24.4 Å². The van der Waals surface area contributed by atoms with Gasteiger partial charge in [0.05, 0.1) is 6.20 Å². The first-order valence-electron chi connectivity index (χ1n) is 6.39. The van der Waals surface area contributed by atoms with Crippen LogP contribution in [0.3, 0.4) is 0 Å². The summed E-state index contributed by atoms with van der Waals surface area (Å²) in [6.07, 6.45) is 3.99. The van der Waals surface area contributed by atoms with Gasteiger partial charge in [0.1, 0.15) is 17.5 Å². The molecule has 0 radical (unpaired) electrons. The fraction of sp³-hybridized carbons (Fsp3) is 0.538. The lowest BCUT2D eigenvalue weighted by Gasteiger charge is -2.35. The minimum Gasteiger partial charge on any atom is -0.486 e. The van der Waals surface area contributed by atoms with Crippen molar-refractivity contribution in [2.45, 2.75) is 38.0 Å². The molecule has 0 unspecified atom stereocenters. The summed E-state index contributed by atoms with van der Waals surface area (Å²) in [5.41, 5.74) is 0.453. The maximum atomic E-state index is 11.7. The van der Waals surface area contributed by atoms with Crippen LogP contribution in [0.2, 0.25) is 0 Å². The average molecular weight is 284 g/mol. The maximum Gasteiger partial charge on any atom is 0.270 e. The topological polar surface area (TPSA) is 63.2 Å². The van der Waals surface area contributed by atoms with Crippen molar-refractivity contribution in [2.24, 2.45) is 0 Å². The number of carbonyl (C=O) groups is 1. The molecule has 2 aliphatic rings. The molecule has 1 saturated heterocycles. The zero-order valence-electron chi connectivity index (χ0n) is 10.8. The molecule has 0 bridgehead atoms. The number of carbonyl (C=O) groups excluding carboxylic acids is 1. The van der Waals surface area contributed by atoms with E-state index in [0.29, 0.717) is 17.8 Å². The fourth-order valence-electron chi connectivity index (χ4n) is 1.84. The number of ether oxygens (including phenoxy) is 1. The lowest BCUT2D eigenvalue weighted by molar-refractivity contribution is 0.0925. The van der Waals surface area contributed by atoms with Crippen molar-refractivity contribution in [3.05, 3.63) is 24.0 Å². The number of nitrogens with zero attached hydrogens (tertiary/aromatic N) is 1. The van der Waals surface area contributed by atoms with E-state index in [0.717, 1.165) is 25.1 Å². The Bertz CT molecular complexity index is 448. The van der Waals surface area contributed by atoms with Gasteiger partial charge in [-0.15, -0.1) is 12.4 Å². The minimum absolute atomic E-state index is 0. The van der Waals surface area contributed by atoms with E-state index >= 15 is 0 Å². The van der Waals surface area contributed by atoms with Crippen molar-refractivity contribution in [1.82, 2.24) is 15.6 Å². The summed E-state index contributed by atoms with van der Waals surface area (Å²) in [6, 6.07) is 4.25. The molecule has 1 aliphatic carbocycles. The summed E-state index contributed by atoms with van der Waals surface area (Å²) in [7, 11) is 0. The normalized spacial score (nSPS) is 24.9. The second kappa shape index (κ2) is 5.75. The van der Waals surface area contributed by atoms with E-state index in [2.05, 4.69) is 22.5 Å². The van der Waals surface area contributed by atoms with E-state index in [1.807, 2.05) is 0 Å². The predicted molar refractivity (Wildman–Crippen MR) is 73.9 cm³/mol. The molecule has 19 heavy (non-hydrogen) atoms. The van der Waals surface area contributed by atoms with Crippen LogP contribution in [0.25, 0.3) is 0 Å². The first-order chi connectivity index (χ1) is 8.72. The van der Waals surface area contributed by atoms with Crippen molar-refractivity contribution in [3.8, 4) is 5.75 Å². The van der Waals surface area contributed by atoms with Crippen molar-refractivity contribution >= 4 is 18.3 Å². The molecule has 2 heterocycles. The van der Waals surface area contributed by atoms with Crippen molar-refractivity contribution < 1.29 is 9.53 Å². The number of hydrogen-bond acceptors (Lipinski definition) is 4. The molecule has 1 aliphatic heterocycles. The van der Waals surface area contributed by atoms with Crippen LogP contribution in [-0.4, -0.2) is 35.6 Å². The van der Waals surface area contributed by atoms with Gasteiger partial charge in [-0.2, -0.15) is 0 Å². The van der Waals surface area contributed by atoms with E-state index in [4.69, 9.17) is 4.74 Å². The van der Waals surface area contributed by atoms with Gasteiger partial charge in [-0.3, -0.25) is 4.79 Å². The molecule has 0 aromatic carbocycles. The average Bonchev–Trinajstić information content (AvgIpc) is 3.18. The van der Waals surface area contributed by atoms with Gasteiger partial charge in [0, 0.05) is 18.6 Å². The van der Waals surface area contributed by atoms with Gasteiger partial charge in [-0.1, -0.05) is 0 Å². The Morgan fingerprint density at radius 3 is 2.74 bits per heavy atom. The van der Waals surface area contributed by atoms with Crippen LogP contribution < -0.4 is 15.4 Å². The van der Waals surface area contributed by atoms with Gasteiger partial charge in [0.2, 0.25) is 0 Å². The Kier molecular flexibility index (Phi) is 4.27. The van der Waals surface area contributed by atoms with Crippen LogP contribution in [0.5, 0.6) is 5.75 Å². The minimum atomic E-state index is -0.0947. The molecular formula is C13H18ClN3O2. The molecular weight excluding hydrogens is 266 g/mol. The Morgan fingerprint density at radius 2 is 2.26 bits per heavy atom. The van der Waals surface area contributed by atoms with Crippen LogP contribution in [0.4, 0.5) is 0 Å². The van der Waals surface area contributed by atoms with E-state index in [9.17, 15) is 4.79 Å². The molecule has 1 aromatic heterocycles. The van der Waals surface area contributed by atoms with Crippen molar-refractivity contribution in [2.75, 3.05) is 6.54 Å². The van der Waals surface area contributed by atoms with Crippen LogP contribution in [-0.2, 0) is 0 Å². The molecule has 6 heteroatoms. The molecule has 1 aromatic rings. The third-order valence-corrected chi connectivity index (χ3v) is 3.37. The van der Waals surface area contributed by atoms with Gasteiger partial charge >= 0.3 is 0 Å². The zero-order chi connectivity index (χ0) is 12.5. The number of rotatable bonds is 4. The number of halogens is 1. The molecule has 104 valence electrons. The quantitative estimate of drug-likeness (QED) is 0.870. The predicted octanol–water partition coefficient (Wildman–Crippen LogP) is 1.13. The monoisotopic (exact) mass is 283 g/mol. The summed E-state index contributed by atoms with van der Waals surface area (Å²) < 4.78 is 5.73. The molecule has 2 atom stereocenters. The van der Waals surface area contributed by atoms with E-state index in [1.165, 1.54) is 0 Å². The summed E-state index contributed by atoms with van der Waals surface area (Å²) in [6.45, 7) is 2.95. The third-order valence-electron chi connectivity index (χ3n) is 3.37. The maximum absolute atomic E-state index is 11.7. The van der Waals surface area contributed by atoms with Crippen molar-refractivity contribution in [3.63, 3.8) is 0 Å². The Hall–Kier alpha value is -1.33. The molecule has 3 rings (SSSR count). The summed E-state index contributed by atoms with van der Waals surface area (Å²) in [5.74, 6) is 0.624. The highest BCUT2D eigenvalue weighted by Gasteiger charge is 2.28. The van der Waals surface area contributed by atoms with E-state index < -0.39 is 0 Å². The molecule has 1 amide bonds. The van der Waals surface area contributed by atoms with Gasteiger partial charge in [-0.25, -0.2) is 4.98 Å². The number of aromatic nitrogens is 1. The summed E-state index contributed by atoms with van der Waals surface area (Å²) in [5, 5.41) is 6.13. The molecule has 0 spiro atoms. The zero-order valence-corrected chi connectivity index (χ0v) is 11.6. The lowest BCUT2D eigenvalue weighted by atomic mass is 10.1.